The summed E-state index contributed by atoms with van der Waals surface area (Å²) >= 11 is 0. The Hall–Kier alpha value is -2.84. The van der Waals surface area contributed by atoms with E-state index in [-0.39, 0.29) is 11.5 Å². The molecule has 3 rings (SSSR count). The molecule has 1 saturated heterocycles. The van der Waals surface area contributed by atoms with E-state index in [0.717, 1.165) is 11.4 Å². The molecule has 116 valence electrons. The van der Waals surface area contributed by atoms with Crippen LogP contribution in [0.4, 0.5) is 0 Å². The normalized spacial score (nSPS) is 15.3. The highest BCUT2D eigenvalue weighted by atomic mass is 16.5. The van der Waals surface area contributed by atoms with Crippen LogP contribution in [0.5, 0.6) is 0 Å². The molecule has 0 radical (unpaired) electrons. The number of nitriles is 1. The number of rotatable bonds is 3. The van der Waals surface area contributed by atoms with Crippen LogP contribution < -0.4 is 0 Å². The quantitative estimate of drug-likeness (QED) is 0.645. The lowest BCUT2D eigenvalue weighted by Crippen LogP contribution is -2.41. The van der Waals surface area contributed by atoms with Gasteiger partial charge >= 0.3 is 0 Å². The van der Waals surface area contributed by atoms with Crippen molar-refractivity contribution in [2.75, 3.05) is 26.3 Å². The number of aromatic nitrogens is 1. The van der Waals surface area contributed by atoms with E-state index in [9.17, 15) is 10.1 Å². The Balaban J connectivity index is 1.89. The Bertz CT molecular complexity index is 750. The third kappa shape index (κ3) is 3.33. The topological polar surface area (TPSA) is 58.3 Å². The van der Waals surface area contributed by atoms with Crippen LogP contribution in [0.1, 0.15) is 5.69 Å². The first kappa shape index (κ1) is 15.1. The summed E-state index contributed by atoms with van der Waals surface area (Å²) in [6.45, 7) is 2.09. The predicted octanol–water partition coefficient (Wildman–Crippen LogP) is 2.24. The molecular weight excluding hydrogens is 290 g/mol. The van der Waals surface area contributed by atoms with Crippen molar-refractivity contribution in [2.24, 2.45) is 0 Å². The Labute approximate surface area is 135 Å². The molecular formula is C18H17N3O2. The van der Waals surface area contributed by atoms with Gasteiger partial charge < -0.3 is 14.2 Å². The third-order valence-corrected chi connectivity index (χ3v) is 3.76. The summed E-state index contributed by atoms with van der Waals surface area (Å²) in [6.07, 6.45) is 3.56. The van der Waals surface area contributed by atoms with Gasteiger partial charge in [0.1, 0.15) is 11.6 Å². The second kappa shape index (κ2) is 6.95. The average Bonchev–Trinajstić information content (AvgIpc) is 3.09. The highest BCUT2D eigenvalue weighted by Crippen LogP contribution is 2.16. The van der Waals surface area contributed by atoms with Crippen LogP contribution in [0, 0.1) is 11.3 Å². The smallest absolute Gasteiger partial charge is 0.264 e. The van der Waals surface area contributed by atoms with Gasteiger partial charge in [0, 0.05) is 30.7 Å². The minimum absolute atomic E-state index is 0.141. The zero-order valence-electron chi connectivity index (χ0n) is 12.7. The van der Waals surface area contributed by atoms with E-state index in [2.05, 4.69) is 0 Å². The molecule has 5 nitrogen and oxygen atoms in total. The fourth-order valence-corrected chi connectivity index (χ4v) is 2.56. The summed E-state index contributed by atoms with van der Waals surface area (Å²) < 4.78 is 7.19. The average molecular weight is 307 g/mol. The van der Waals surface area contributed by atoms with Gasteiger partial charge in [0.2, 0.25) is 0 Å². The van der Waals surface area contributed by atoms with Crippen LogP contribution in [0.15, 0.2) is 54.2 Å². The van der Waals surface area contributed by atoms with Crippen molar-refractivity contribution in [3.63, 3.8) is 0 Å². The zero-order chi connectivity index (χ0) is 16.1. The second-order valence-corrected chi connectivity index (χ2v) is 5.21. The molecule has 1 aliphatic heterocycles. The summed E-state index contributed by atoms with van der Waals surface area (Å²) in [5, 5.41) is 9.38. The molecule has 0 unspecified atom stereocenters. The number of hydrogen-bond acceptors (Lipinski definition) is 3. The van der Waals surface area contributed by atoms with Crippen molar-refractivity contribution in [3.8, 4) is 11.8 Å². The van der Waals surface area contributed by atoms with Gasteiger partial charge in [-0.05, 0) is 30.3 Å². The molecule has 0 saturated carbocycles. The van der Waals surface area contributed by atoms with Crippen molar-refractivity contribution >= 4 is 12.0 Å². The lowest BCUT2D eigenvalue weighted by Gasteiger charge is -2.26. The van der Waals surface area contributed by atoms with Gasteiger partial charge in [-0.1, -0.05) is 18.2 Å². The number of carbonyl (C=O) groups is 1. The minimum atomic E-state index is -0.239. The van der Waals surface area contributed by atoms with E-state index in [1.807, 2.05) is 59.3 Å². The van der Waals surface area contributed by atoms with E-state index in [1.54, 1.807) is 11.0 Å². The molecule has 23 heavy (non-hydrogen) atoms. The summed E-state index contributed by atoms with van der Waals surface area (Å²) in [5.41, 5.74) is 1.93. The van der Waals surface area contributed by atoms with Crippen molar-refractivity contribution in [1.29, 1.82) is 5.26 Å². The number of hydrogen-bond donors (Lipinski definition) is 0. The first-order chi connectivity index (χ1) is 11.3. The highest BCUT2D eigenvalue weighted by molar-refractivity contribution is 6.01. The molecule has 0 atom stereocenters. The van der Waals surface area contributed by atoms with E-state index in [0.29, 0.717) is 26.3 Å². The SMILES string of the molecule is N#CC(=Cc1cccn1-c1ccccc1)C(=O)N1CCOCC1. The van der Waals surface area contributed by atoms with E-state index < -0.39 is 0 Å². The van der Waals surface area contributed by atoms with Gasteiger partial charge in [0.05, 0.1) is 13.2 Å². The Morgan fingerprint density at radius 2 is 1.87 bits per heavy atom. The Kier molecular flexibility index (Phi) is 4.55. The summed E-state index contributed by atoms with van der Waals surface area (Å²) in [6, 6.07) is 15.6. The fourth-order valence-electron chi connectivity index (χ4n) is 2.56. The molecule has 0 aliphatic carbocycles. The molecule has 1 aromatic heterocycles. The predicted molar refractivity (Wildman–Crippen MR) is 86.8 cm³/mol. The molecule has 0 spiro atoms. The van der Waals surface area contributed by atoms with Gasteiger partial charge in [0.25, 0.3) is 5.91 Å². The maximum Gasteiger partial charge on any atom is 0.264 e. The van der Waals surface area contributed by atoms with Gasteiger partial charge in [-0.2, -0.15) is 5.26 Å². The van der Waals surface area contributed by atoms with Crippen molar-refractivity contribution in [2.45, 2.75) is 0 Å². The van der Waals surface area contributed by atoms with E-state index in [1.165, 1.54) is 0 Å². The summed E-state index contributed by atoms with van der Waals surface area (Å²) in [5.74, 6) is -0.239. The molecule has 0 N–H and O–H groups in total. The number of benzene rings is 1. The molecule has 1 aliphatic rings. The van der Waals surface area contributed by atoms with Gasteiger partial charge in [-0.25, -0.2) is 0 Å². The zero-order valence-corrected chi connectivity index (χ0v) is 12.7. The lowest BCUT2D eigenvalue weighted by atomic mass is 10.2. The van der Waals surface area contributed by atoms with E-state index in [4.69, 9.17) is 4.74 Å². The van der Waals surface area contributed by atoms with Crippen LogP contribution in [-0.2, 0) is 9.53 Å². The van der Waals surface area contributed by atoms with Crippen LogP contribution in [0.25, 0.3) is 11.8 Å². The third-order valence-electron chi connectivity index (χ3n) is 3.76. The molecule has 2 aromatic rings. The number of ether oxygens (including phenoxy) is 1. The maximum atomic E-state index is 12.5. The van der Waals surface area contributed by atoms with Gasteiger partial charge in [-0.3, -0.25) is 4.79 Å². The molecule has 5 heteroatoms. The molecule has 0 bridgehead atoms. The number of para-hydroxylation sites is 1. The Morgan fingerprint density at radius 3 is 2.57 bits per heavy atom. The standard InChI is InChI=1S/C18H17N3O2/c19-14-15(18(22)20-9-11-23-12-10-20)13-17-7-4-8-21(17)16-5-2-1-3-6-16/h1-8,13H,9-12H2. The van der Waals surface area contributed by atoms with Gasteiger partial charge in [0.15, 0.2) is 0 Å². The number of carbonyl (C=O) groups excluding carboxylic acids is 1. The number of morpholine rings is 1. The summed E-state index contributed by atoms with van der Waals surface area (Å²) in [7, 11) is 0. The monoisotopic (exact) mass is 307 g/mol. The molecule has 1 fully saturated rings. The van der Waals surface area contributed by atoms with Crippen molar-refractivity contribution in [3.05, 3.63) is 59.9 Å². The van der Waals surface area contributed by atoms with E-state index >= 15 is 0 Å². The first-order valence-corrected chi connectivity index (χ1v) is 7.51. The molecule has 1 aromatic carbocycles. The van der Waals surface area contributed by atoms with Crippen LogP contribution in [0.2, 0.25) is 0 Å². The van der Waals surface area contributed by atoms with Crippen molar-refractivity contribution < 1.29 is 9.53 Å². The molecule has 2 heterocycles. The van der Waals surface area contributed by atoms with Gasteiger partial charge in [-0.15, -0.1) is 0 Å². The van der Waals surface area contributed by atoms with Crippen LogP contribution >= 0.6 is 0 Å². The lowest BCUT2D eigenvalue weighted by molar-refractivity contribution is -0.130. The Morgan fingerprint density at radius 1 is 1.13 bits per heavy atom. The summed E-state index contributed by atoms with van der Waals surface area (Å²) in [4.78, 5) is 14.1. The van der Waals surface area contributed by atoms with Crippen LogP contribution in [0.3, 0.4) is 0 Å². The van der Waals surface area contributed by atoms with Crippen molar-refractivity contribution in [1.82, 2.24) is 9.47 Å². The van der Waals surface area contributed by atoms with Crippen LogP contribution in [-0.4, -0.2) is 41.7 Å². The highest BCUT2D eigenvalue weighted by Gasteiger charge is 2.20. The molecule has 1 amide bonds. The minimum Gasteiger partial charge on any atom is -0.378 e. The maximum absolute atomic E-state index is 12.5. The second-order valence-electron chi connectivity index (χ2n) is 5.21. The first-order valence-electron chi connectivity index (χ1n) is 7.51. The number of amides is 1. The number of nitrogens with zero attached hydrogens (tertiary/aromatic N) is 3. The largest absolute Gasteiger partial charge is 0.378 e. The fraction of sp³-hybridized carbons (Fsp3) is 0.222.